The fraction of sp³-hybridized carbons (Fsp3) is 0.591. The van der Waals surface area contributed by atoms with Gasteiger partial charge in [0.2, 0.25) is 0 Å². The highest BCUT2D eigenvalue weighted by atomic mass is 16.5. The van der Waals surface area contributed by atoms with Gasteiger partial charge < -0.3 is 14.6 Å². The molecule has 1 unspecified atom stereocenters. The Hall–Kier alpha value is -1.97. The van der Waals surface area contributed by atoms with E-state index in [1.807, 2.05) is 18.2 Å². The molecule has 1 aliphatic heterocycles. The van der Waals surface area contributed by atoms with Gasteiger partial charge in [-0.25, -0.2) is 0 Å². The molecule has 0 radical (unpaired) electrons. The highest BCUT2D eigenvalue weighted by Gasteiger charge is 2.62. The van der Waals surface area contributed by atoms with Crippen molar-refractivity contribution in [2.45, 2.75) is 52.5 Å². The maximum atomic E-state index is 13.6. The SMILES string of the molecule is COc1cccc2c3c([nH]c12)CCN(C1C(C)(C)[C@@H]2CC[C@@]1(C)C2)C3=O. The summed E-state index contributed by atoms with van der Waals surface area (Å²) in [4.78, 5) is 19.3. The fourth-order valence-corrected chi connectivity index (χ4v) is 6.62. The number of carbonyl (C=O) groups is 1. The molecule has 1 amide bonds. The van der Waals surface area contributed by atoms with Gasteiger partial charge in [-0.3, -0.25) is 4.79 Å². The van der Waals surface area contributed by atoms with Crippen molar-refractivity contribution in [3.63, 3.8) is 0 Å². The number of ether oxygens (including phenoxy) is 1. The standard InChI is InChI=1S/C22H28N2O2/c1-21(2)13-8-10-22(3,12-13)20(21)24-11-9-15-17(19(24)25)14-6-5-7-16(26-4)18(14)23-15/h5-7,13,20,23H,8-12H2,1-4H3/t13-,20?,22+/m1/s1. The first-order valence-corrected chi connectivity index (χ1v) is 9.85. The number of nitrogens with zero attached hydrogens (tertiary/aromatic N) is 1. The molecule has 4 heteroatoms. The Morgan fingerprint density at radius 2 is 2.08 bits per heavy atom. The largest absolute Gasteiger partial charge is 0.495 e. The summed E-state index contributed by atoms with van der Waals surface area (Å²) in [5.74, 6) is 1.76. The fourth-order valence-electron chi connectivity index (χ4n) is 6.62. The number of aromatic amines is 1. The summed E-state index contributed by atoms with van der Waals surface area (Å²) < 4.78 is 5.50. The number of carbonyl (C=O) groups excluding carboxylic acids is 1. The molecular formula is C22H28N2O2. The van der Waals surface area contributed by atoms with Gasteiger partial charge >= 0.3 is 0 Å². The second-order valence-corrected chi connectivity index (χ2v) is 9.43. The molecule has 0 spiro atoms. The van der Waals surface area contributed by atoms with Crippen LogP contribution in [0.25, 0.3) is 10.9 Å². The minimum Gasteiger partial charge on any atom is -0.495 e. The van der Waals surface area contributed by atoms with E-state index in [0.717, 1.165) is 46.8 Å². The second-order valence-electron chi connectivity index (χ2n) is 9.43. The van der Waals surface area contributed by atoms with Crippen LogP contribution in [0.1, 0.15) is 56.1 Å². The number of nitrogens with one attached hydrogen (secondary N) is 1. The lowest BCUT2D eigenvalue weighted by Gasteiger charge is -2.49. The van der Waals surface area contributed by atoms with Crippen LogP contribution in [0, 0.1) is 16.7 Å². The Kier molecular flexibility index (Phi) is 3.15. The number of methoxy groups -OCH3 is 1. The molecule has 3 aliphatic rings. The molecule has 4 nitrogen and oxygen atoms in total. The van der Waals surface area contributed by atoms with Crippen LogP contribution in [0.2, 0.25) is 0 Å². The van der Waals surface area contributed by atoms with Gasteiger partial charge in [0.15, 0.2) is 0 Å². The highest BCUT2D eigenvalue weighted by molar-refractivity contribution is 6.10. The van der Waals surface area contributed by atoms with E-state index in [0.29, 0.717) is 6.04 Å². The van der Waals surface area contributed by atoms with Crippen molar-refractivity contribution >= 4 is 16.8 Å². The molecule has 0 saturated heterocycles. The Morgan fingerprint density at radius 1 is 1.27 bits per heavy atom. The number of fused-ring (bicyclic) bond motifs is 5. The summed E-state index contributed by atoms with van der Waals surface area (Å²) in [5.41, 5.74) is 3.35. The van der Waals surface area contributed by atoms with E-state index in [9.17, 15) is 4.79 Å². The van der Waals surface area contributed by atoms with Crippen LogP contribution in [0.3, 0.4) is 0 Å². The van der Waals surface area contributed by atoms with Crippen LogP contribution in [-0.2, 0) is 6.42 Å². The number of benzene rings is 1. The number of aromatic nitrogens is 1. The predicted octanol–water partition coefficient (Wildman–Crippen LogP) is 4.39. The summed E-state index contributed by atoms with van der Waals surface area (Å²) in [6, 6.07) is 6.31. The van der Waals surface area contributed by atoms with Crippen molar-refractivity contribution < 1.29 is 9.53 Å². The number of hydrogen-bond donors (Lipinski definition) is 1. The number of amides is 1. The first-order chi connectivity index (χ1) is 12.4. The minimum absolute atomic E-state index is 0.198. The topological polar surface area (TPSA) is 45.3 Å². The van der Waals surface area contributed by atoms with Crippen LogP contribution >= 0.6 is 0 Å². The third-order valence-electron chi connectivity index (χ3n) is 7.68. The van der Waals surface area contributed by atoms with Crippen LogP contribution in [0.4, 0.5) is 0 Å². The lowest BCUT2D eigenvalue weighted by atomic mass is 9.67. The molecule has 138 valence electrons. The van der Waals surface area contributed by atoms with Crippen LogP contribution < -0.4 is 4.74 Å². The van der Waals surface area contributed by atoms with E-state index in [2.05, 4.69) is 30.7 Å². The third kappa shape index (κ3) is 1.88. The van der Waals surface area contributed by atoms with Crippen LogP contribution in [0.5, 0.6) is 5.75 Å². The van der Waals surface area contributed by atoms with Crippen molar-refractivity contribution in [3.05, 3.63) is 29.5 Å². The number of H-pyrrole nitrogens is 1. The van der Waals surface area contributed by atoms with E-state index in [1.54, 1.807) is 7.11 Å². The molecule has 2 aliphatic carbocycles. The van der Waals surface area contributed by atoms with Gasteiger partial charge in [-0.15, -0.1) is 0 Å². The normalized spacial score (nSPS) is 32.3. The van der Waals surface area contributed by atoms with Crippen LogP contribution in [-0.4, -0.2) is 35.5 Å². The first-order valence-electron chi connectivity index (χ1n) is 9.85. The number of para-hydroxylation sites is 1. The van der Waals surface area contributed by atoms with E-state index < -0.39 is 0 Å². The highest BCUT2D eigenvalue weighted by Crippen LogP contribution is 2.64. The zero-order chi connectivity index (χ0) is 18.3. The Morgan fingerprint density at radius 3 is 2.77 bits per heavy atom. The van der Waals surface area contributed by atoms with Gasteiger partial charge in [0.25, 0.3) is 5.91 Å². The first kappa shape index (κ1) is 16.2. The molecule has 5 rings (SSSR count). The van der Waals surface area contributed by atoms with E-state index >= 15 is 0 Å². The summed E-state index contributed by atoms with van der Waals surface area (Å²) in [6.07, 6.45) is 4.73. The summed E-state index contributed by atoms with van der Waals surface area (Å²) in [5, 5.41) is 1.00. The van der Waals surface area contributed by atoms with Crippen LogP contribution in [0.15, 0.2) is 18.2 Å². The maximum absolute atomic E-state index is 13.6. The molecule has 26 heavy (non-hydrogen) atoms. The lowest BCUT2D eigenvalue weighted by molar-refractivity contribution is 0.00491. The Labute approximate surface area is 154 Å². The zero-order valence-corrected chi connectivity index (χ0v) is 16.2. The Bertz CT molecular complexity index is 907. The molecule has 2 heterocycles. The third-order valence-corrected chi connectivity index (χ3v) is 7.68. The predicted molar refractivity (Wildman–Crippen MR) is 103 cm³/mol. The molecule has 2 aromatic rings. The quantitative estimate of drug-likeness (QED) is 0.871. The van der Waals surface area contributed by atoms with Crippen molar-refractivity contribution in [1.29, 1.82) is 0 Å². The van der Waals surface area contributed by atoms with E-state index in [-0.39, 0.29) is 16.7 Å². The molecule has 2 fully saturated rings. The van der Waals surface area contributed by atoms with Crippen molar-refractivity contribution in [2.24, 2.45) is 16.7 Å². The summed E-state index contributed by atoms with van der Waals surface area (Å²) in [6.45, 7) is 7.99. The second kappa shape index (κ2) is 5.05. The van der Waals surface area contributed by atoms with Gasteiger partial charge in [0, 0.05) is 30.1 Å². The average Bonchev–Trinajstić information content (AvgIpc) is 3.23. The average molecular weight is 352 g/mol. The Balaban J connectivity index is 1.61. The van der Waals surface area contributed by atoms with Gasteiger partial charge in [0.1, 0.15) is 5.75 Å². The van der Waals surface area contributed by atoms with Gasteiger partial charge in [0.05, 0.1) is 18.2 Å². The molecule has 2 saturated carbocycles. The molecule has 1 aromatic heterocycles. The molecular weight excluding hydrogens is 324 g/mol. The van der Waals surface area contributed by atoms with Gasteiger partial charge in [-0.05, 0) is 42.1 Å². The summed E-state index contributed by atoms with van der Waals surface area (Å²) in [7, 11) is 1.68. The number of hydrogen-bond acceptors (Lipinski definition) is 2. The number of rotatable bonds is 2. The molecule has 2 bridgehead atoms. The zero-order valence-electron chi connectivity index (χ0n) is 16.2. The smallest absolute Gasteiger partial charge is 0.256 e. The lowest BCUT2D eigenvalue weighted by Crippen LogP contribution is -2.56. The van der Waals surface area contributed by atoms with E-state index in [1.165, 1.54) is 19.3 Å². The van der Waals surface area contributed by atoms with Gasteiger partial charge in [-0.2, -0.15) is 0 Å². The van der Waals surface area contributed by atoms with Crippen molar-refractivity contribution in [3.8, 4) is 5.75 Å². The summed E-state index contributed by atoms with van der Waals surface area (Å²) >= 11 is 0. The molecule has 1 aromatic carbocycles. The molecule has 3 atom stereocenters. The van der Waals surface area contributed by atoms with Crippen molar-refractivity contribution in [2.75, 3.05) is 13.7 Å². The van der Waals surface area contributed by atoms with Gasteiger partial charge in [-0.1, -0.05) is 32.9 Å². The minimum atomic E-state index is 0.198. The maximum Gasteiger partial charge on any atom is 0.256 e. The van der Waals surface area contributed by atoms with E-state index in [4.69, 9.17) is 4.74 Å². The van der Waals surface area contributed by atoms with Crippen molar-refractivity contribution in [1.82, 2.24) is 9.88 Å². The monoisotopic (exact) mass is 352 g/mol. The molecule has 1 N–H and O–H groups in total.